The lowest BCUT2D eigenvalue weighted by atomic mass is 10.2. The smallest absolute Gasteiger partial charge is 0.243 e. The number of piperazine rings is 1. The van der Waals surface area contributed by atoms with Gasteiger partial charge < -0.3 is 9.64 Å². The van der Waals surface area contributed by atoms with Gasteiger partial charge in [-0.05, 0) is 56.0 Å². The van der Waals surface area contributed by atoms with Gasteiger partial charge in [-0.15, -0.1) is 0 Å². The van der Waals surface area contributed by atoms with E-state index in [1.54, 1.807) is 11.0 Å². The number of carbonyl (C=O) groups is 1. The summed E-state index contributed by atoms with van der Waals surface area (Å²) in [5.74, 6) is 0.891. The van der Waals surface area contributed by atoms with E-state index in [0.717, 1.165) is 22.4 Å². The Hall–Kier alpha value is -2.38. The van der Waals surface area contributed by atoms with Crippen molar-refractivity contribution >= 4 is 15.9 Å². The number of hydrogen-bond acceptors (Lipinski definition) is 4. The molecule has 0 unspecified atom stereocenters. The molecule has 3 rings (SSSR count). The molecule has 1 fully saturated rings. The van der Waals surface area contributed by atoms with Crippen molar-refractivity contribution < 1.29 is 17.9 Å². The highest BCUT2D eigenvalue weighted by atomic mass is 32.2. The van der Waals surface area contributed by atoms with Crippen molar-refractivity contribution in [3.05, 3.63) is 59.2 Å². The molecule has 2 aromatic carbocycles. The molecule has 1 amide bonds. The van der Waals surface area contributed by atoms with Gasteiger partial charge in [-0.25, -0.2) is 8.42 Å². The first-order valence-electron chi connectivity index (χ1n) is 10.3. The molecule has 1 aliphatic rings. The van der Waals surface area contributed by atoms with E-state index in [1.165, 1.54) is 4.31 Å². The maximum atomic E-state index is 13.0. The van der Waals surface area contributed by atoms with Crippen molar-refractivity contribution in [2.45, 2.75) is 38.5 Å². The van der Waals surface area contributed by atoms with Crippen LogP contribution in [0.4, 0.5) is 0 Å². The van der Waals surface area contributed by atoms with Crippen LogP contribution in [-0.2, 0) is 14.8 Å². The lowest BCUT2D eigenvalue weighted by Gasteiger charge is -2.34. The number of sulfonamides is 1. The Kier molecular flexibility index (Phi) is 7.15. The molecule has 0 aromatic heterocycles. The van der Waals surface area contributed by atoms with E-state index in [0.29, 0.717) is 50.5 Å². The molecule has 30 heavy (non-hydrogen) atoms. The molecule has 6 nitrogen and oxygen atoms in total. The summed E-state index contributed by atoms with van der Waals surface area (Å²) in [6.07, 6.45) is 1.03. The second-order valence-electron chi connectivity index (χ2n) is 7.77. The fourth-order valence-electron chi connectivity index (χ4n) is 3.58. The van der Waals surface area contributed by atoms with Gasteiger partial charge in [-0.2, -0.15) is 4.31 Å². The second-order valence-corrected chi connectivity index (χ2v) is 9.68. The van der Waals surface area contributed by atoms with Gasteiger partial charge in [0.25, 0.3) is 0 Å². The van der Waals surface area contributed by atoms with Crippen molar-refractivity contribution in [1.82, 2.24) is 9.21 Å². The summed E-state index contributed by atoms with van der Waals surface area (Å²) in [5.41, 5.74) is 2.73. The van der Waals surface area contributed by atoms with Gasteiger partial charge in [-0.3, -0.25) is 4.79 Å². The summed E-state index contributed by atoms with van der Waals surface area (Å²) < 4.78 is 33.3. The summed E-state index contributed by atoms with van der Waals surface area (Å²) in [5, 5.41) is 0. The first kappa shape index (κ1) is 22.3. The second kappa shape index (κ2) is 9.62. The van der Waals surface area contributed by atoms with Gasteiger partial charge in [0.15, 0.2) is 0 Å². The minimum Gasteiger partial charge on any atom is -0.493 e. The molecule has 0 spiro atoms. The van der Waals surface area contributed by atoms with Crippen LogP contribution in [0, 0.1) is 20.8 Å². The molecule has 1 saturated heterocycles. The zero-order chi connectivity index (χ0) is 21.7. The molecule has 0 N–H and O–H groups in total. The summed E-state index contributed by atoms with van der Waals surface area (Å²) in [4.78, 5) is 14.6. The first-order valence-corrected chi connectivity index (χ1v) is 11.8. The number of amides is 1. The third-order valence-electron chi connectivity index (χ3n) is 5.44. The number of nitrogens with zero attached hydrogens (tertiary/aromatic N) is 2. The van der Waals surface area contributed by atoms with Crippen LogP contribution >= 0.6 is 0 Å². The maximum Gasteiger partial charge on any atom is 0.243 e. The normalized spacial score (nSPS) is 15.2. The lowest BCUT2D eigenvalue weighted by molar-refractivity contribution is -0.132. The van der Waals surface area contributed by atoms with E-state index in [2.05, 4.69) is 0 Å². The van der Waals surface area contributed by atoms with E-state index in [4.69, 9.17) is 4.74 Å². The third kappa shape index (κ3) is 5.21. The third-order valence-corrected chi connectivity index (χ3v) is 7.48. The Morgan fingerprint density at radius 2 is 1.67 bits per heavy atom. The van der Waals surface area contributed by atoms with Crippen LogP contribution in [-0.4, -0.2) is 56.3 Å². The van der Waals surface area contributed by atoms with Crippen LogP contribution in [0.25, 0.3) is 0 Å². The fourth-order valence-corrected chi connectivity index (χ4v) is 5.32. The van der Waals surface area contributed by atoms with Gasteiger partial charge in [0.1, 0.15) is 5.75 Å². The van der Waals surface area contributed by atoms with Gasteiger partial charge >= 0.3 is 0 Å². The molecule has 162 valence electrons. The van der Waals surface area contributed by atoms with Gasteiger partial charge in [0.2, 0.25) is 15.9 Å². The number of benzene rings is 2. The Morgan fingerprint density at radius 1 is 0.967 bits per heavy atom. The average Bonchev–Trinajstić information content (AvgIpc) is 2.74. The van der Waals surface area contributed by atoms with E-state index < -0.39 is 10.0 Å². The number of ether oxygens (including phenoxy) is 1. The standard InChI is InChI=1S/C23H30N2O4S/c1-18-10-11-20(3)22(17-18)30(27,28)25-14-12-24(13-15-25)23(26)9-6-16-29-21-8-5-4-7-19(21)2/h4-5,7-8,10-11,17H,6,9,12-16H2,1-3H3. The molecule has 0 bridgehead atoms. The highest BCUT2D eigenvalue weighted by Crippen LogP contribution is 2.23. The molecule has 1 aliphatic heterocycles. The molecule has 7 heteroatoms. The zero-order valence-electron chi connectivity index (χ0n) is 17.9. The van der Waals surface area contributed by atoms with Crippen LogP contribution < -0.4 is 4.74 Å². The van der Waals surface area contributed by atoms with Crippen molar-refractivity contribution in [3.63, 3.8) is 0 Å². The Bertz CT molecular complexity index is 996. The van der Waals surface area contributed by atoms with Crippen molar-refractivity contribution in [2.75, 3.05) is 32.8 Å². The van der Waals surface area contributed by atoms with Crippen molar-refractivity contribution in [1.29, 1.82) is 0 Å². The monoisotopic (exact) mass is 430 g/mol. The summed E-state index contributed by atoms with van der Waals surface area (Å²) in [6.45, 7) is 7.65. The van der Waals surface area contributed by atoms with E-state index in [-0.39, 0.29) is 5.91 Å². The largest absolute Gasteiger partial charge is 0.493 e. The number of hydrogen-bond donors (Lipinski definition) is 0. The van der Waals surface area contributed by atoms with Gasteiger partial charge in [0.05, 0.1) is 11.5 Å². The Labute approximate surface area is 179 Å². The predicted molar refractivity (Wildman–Crippen MR) is 117 cm³/mol. The van der Waals surface area contributed by atoms with Gasteiger partial charge in [0, 0.05) is 32.6 Å². The quantitative estimate of drug-likeness (QED) is 0.632. The fraction of sp³-hybridized carbons (Fsp3) is 0.435. The van der Waals surface area contributed by atoms with Crippen LogP contribution in [0.3, 0.4) is 0 Å². The lowest BCUT2D eigenvalue weighted by Crippen LogP contribution is -2.50. The van der Waals surface area contributed by atoms with Crippen LogP contribution in [0.1, 0.15) is 29.5 Å². The maximum absolute atomic E-state index is 13.0. The Morgan fingerprint density at radius 3 is 2.37 bits per heavy atom. The molecule has 0 aliphatic carbocycles. The van der Waals surface area contributed by atoms with Gasteiger partial charge in [-0.1, -0.05) is 30.3 Å². The number of aryl methyl sites for hydroxylation is 3. The summed E-state index contributed by atoms with van der Waals surface area (Å²) >= 11 is 0. The van der Waals surface area contributed by atoms with E-state index >= 15 is 0 Å². The topological polar surface area (TPSA) is 66.9 Å². The highest BCUT2D eigenvalue weighted by Gasteiger charge is 2.30. The number of rotatable bonds is 7. The average molecular weight is 431 g/mol. The predicted octanol–water partition coefficient (Wildman–Crippen LogP) is 3.30. The molecule has 1 heterocycles. The molecular weight excluding hydrogens is 400 g/mol. The minimum atomic E-state index is -3.54. The SMILES string of the molecule is Cc1ccc(C)c(S(=O)(=O)N2CCN(C(=O)CCCOc3ccccc3C)CC2)c1. The number of para-hydroxylation sites is 1. The molecule has 0 atom stereocenters. The van der Waals surface area contributed by atoms with E-state index in [1.807, 2.05) is 57.2 Å². The zero-order valence-corrected chi connectivity index (χ0v) is 18.7. The van der Waals surface area contributed by atoms with E-state index in [9.17, 15) is 13.2 Å². The van der Waals surface area contributed by atoms with Crippen molar-refractivity contribution in [3.8, 4) is 5.75 Å². The number of carbonyl (C=O) groups excluding carboxylic acids is 1. The molecular formula is C23H30N2O4S. The summed E-state index contributed by atoms with van der Waals surface area (Å²) in [6, 6.07) is 13.3. The first-order chi connectivity index (χ1) is 14.3. The minimum absolute atomic E-state index is 0.0483. The van der Waals surface area contributed by atoms with Crippen LogP contribution in [0.5, 0.6) is 5.75 Å². The van der Waals surface area contributed by atoms with Crippen molar-refractivity contribution in [2.24, 2.45) is 0 Å². The highest BCUT2D eigenvalue weighted by molar-refractivity contribution is 7.89. The Balaban J connectivity index is 1.48. The molecule has 2 aromatic rings. The van der Waals surface area contributed by atoms with Crippen LogP contribution in [0.2, 0.25) is 0 Å². The molecule has 0 saturated carbocycles. The van der Waals surface area contributed by atoms with Crippen LogP contribution in [0.15, 0.2) is 47.4 Å². The summed E-state index contributed by atoms with van der Waals surface area (Å²) in [7, 11) is -3.54. The molecule has 0 radical (unpaired) electrons.